The topological polar surface area (TPSA) is 70.7 Å². The lowest BCUT2D eigenvalue weighted by Gasteiger charge is -2.05. The average Bonchev–Trinajstić information content (AvgIpc) is 2.48. The number of aromatic amines is 1. The number of halogens is 1. The third-order valence-electron chi connectivity index (χ3n) is 2.83. The van der Waals surface area contributed by atoms with Gasteiger partial charge in [0.15, 0.2) is 5.69 Å². The molecule has 0 spiro atoms. The number of rotatable bonds is 3. The summed E-state index contributed by atoms with van der Waals surface area (Å²) in [5, 5.41) is 11.0. The summed E-state index contributed by atoms with van der Waals surface area (Å²) < 4.78 is 0.934. The van der Waals surface area contributed by atoms with Crippen molar-refractivity contribution in [2.24, 2.45) is 0 Å². The summed E-state index contributed by atoms with van der Waals surface area (Å²) in [6, 6.07) is 16.8. The molecular formula is C15H11BrN4O. The predicted octanol–water partition coefficient (Wildman–Crippen LogP) is 3.34. The molecule has 0 aliphatic heterocycles. The Balaban J connectivity index is 1.90. The van der Waals surface area contributed by atoms with E-state index in [4.69, 9.17) is 0 Å². The second-order valence-electron chi connectivity index (χ2n) is 4.35. The van der Waals surface area contributed by atoms with Crippen LogP contribution in [0.2, 0.25) is 0 Å². The number of hydrogen-bond donors (Lipinski definition) is 2. The average molecular weight is 343 g/mol. The van der Waals surface area contributed by atoms with Gasteiger partial charge >= 0.3 is 0 Å². The van der Waals surface area contributed by atoms with Gasteiger partial charge in [0.1, 0.15) is 0 Å². The van der Waals surface area contributed by atoms with Crippen LogP contribution in [0.3, 0.4) is 0 Å². The van der Waals surface area contributed by atoms with E-state index in [9.17, 15) is 4.79 Å². The number of anilines is 2. The fourth-order valence-corrected chi connectivity index (χ4v) is 2.28. The van der Waals surface area contributed by atoms with Crippen molar-refractivity contribution >= 4 is 27.6 Å². The summed E-state index contributed by atoms with van der Waals surface area (Å²) in [6.45, 7) is 0. The highest BCUT2D eigenvalue weighted by Crippen LogP contribution is 2.18. The number of nitrogens with zero attached hydrogens (tertiary/aromatic N) is 2. The fraction of sp³-hybridized carbons (Fsp3) is 0. The maximum absolute atomic E-state index is 12.1. The van der Waals surface area contributed by atoms with Gasteiger partial charge in [0.05, 0.1) is 0 Å². The molecule has 1 heterocycles. The van der Waals surface area contributed by atoms with Gasteiger partial charge in [0.2, 0.25) is 5.95 Å². The zero-order chi connectivity index (χ0) is 14.7. The molecule has 6 heteroatoms. The number of aromatic nitrogens is 3. The first-order valence-corrected chi connectivity index (χ1v) is 7.07. The van der Waals surface area contributed by atoms with Crippen LogP contribution in [0.25, 0.3) is 11.3 Å². The predicted molar refractivity (Wildman–Crippen MR) is 85.5 cm³/mol. The van der Waals surface area contributed by atoms with Crippen LogP contribution in [0, 0.1) is 0 Å². The van der Waals surface area contributed by atoms with Crippen molar-refractivity contribution in [3.05, 3.63) is 69.4 Å². The van der Waals surface area contributed by atoms with Gasteiger partial charge in [0.25, 0.3) is 5.56 Å². The molecule has 2 aromatic carbocycles. The summed E-state index contributed by atoms with van der Waals surface area (Å²) in [5.74, 6) is 0.304. The molecule has 3 rings (SSSR count). The number of nitrogens with one attached hydrogen (secondary N) is 2. The van der Waals surface area contributed by atoms with Crippen molar-refractivity contribution < 1.29 is 0 Å². The highest BCUT2D eigenvalue weighted by molar-refractivity contribution is 9.10. The SMILES string of the molecule is O=c1[nH]c(Nc2cccc(Br)c2)nnc1-c1ccccc1. The summed E-state index contributed by atoms with van der Waals surface area (Å²) in [7, 11) is 0. The molecule has 0 saturated heterocycles. The summed E-state index contributed by atoms with van der Waals surface area (Å²) in [5.41, 5.74) is 1.56. The van der Waals surface area contributed by atoms with Crippen molar-refractivity contribution in [3.63, 3.8) is 0 Å². The van der Waals surface area contributed by atoms with Crippen LogP contribution < -0.4 is 10.9 Å². The second kappa shape index (κ2) is 5.88. The van der Waals surface area contributed by atoms with Gasteiger partial charge in [-0.05, 0) is 18.2 Å². The van der Waals surface area contributed by atoms with Gasteiger partial charge in [-0.25, -0.2) is 0 Å². The van der Waals surface area contributed by atoms with Gasteiger partial charge in [-0.3, -0.25) is 9.78 Å². The lowest BCUT2D eigenvalue weighted by atomic mass is 10.2. The maximum atomic E-state index is 12.1. The van der Waals surface area contributed by atoms with E-state index in [1.165, 1.54) is 0 Å². The van der Waals surface area contributed by atoms with Gasteiger partial charge in [0, 0.05) is 15.7 Å². The minimum Gasteiger partial charge on any atom is -0.324 e. The Morgan fingerprint density at radius 3 is 2.52 bits per heavy atom. The standard InChI is InChI=1S/C15H11BrN4O/c16-11-7-4-8-12(9-11)17-15-18-14(21)13(19-20-15)10-5-2-1-3-6-10/h1-9H,(H2,17,18,20,21). The number of H-pyrrole nitrogens is 1. The van der Waals surface area contributed by atoms with Crippen molar-refractivity contribution in [2.45, 2.75) is 0 Å². The molecule has 0 bridgehead atoms. The normalized spacial score (nSPS) is 10.3. The van der Waals surface area contributed by atoms with E-state index in [2.05, 4.69) is 36.4 Å². The van der Waals surface area contributed by atoms with Gasteiger partial charge in [-0.15, -0.1) is 10.2 Å². The number of benzene rings is 2. The van der Waals surface area contributed by atoms with Crippen molar-refractivity contribution in [1.29, 1.82) is 0 Å². The monoisotopic (exact) mass is 342 g/mol. The minimum absolute atomic E-state index is 0.284. The molecule has 0 saturated carbocycles. The first kappa shape index (κ1) is 13.5. The van der Waals surface area contributed by atoms with E-state index in [1.807, 2.05) is 54.6 Å². The summed E-state index contributed by atoms with van der Waals surface area (Å²) in [4.78, 5) is 14.8. The molecule has 21 heavy (non-hydrogen) atoms. The third kappa shape index (κ3) is 3.17. The van der Waals surface area contributed by atoms with Crippen LogP contribution in [-0.4, -0.2) is 15.2 Å². The third-order valence-corrected chi connectivity index (χ3v) is 3.32. The molecule has 0 aliphatic carbocycles. The van der Waals surface area contributed by atoms with Crippen molar-refractivity contribution in [2.75, 3.05) is 5.32 Å². The van der Waals surface area contributed by atoms with Crippen LogP contribution in [0.1, 0.15) is 0 Å². The molecule has 0 radical (unpaired) electrons. The molecular weight excluding hydrogens is 332 g/mol. The largest absolute Gasteiger partial charge is 0.324 e. The van der Waals surface area contributed by atoms with E-state index in [-0.39, 0.29) is 5.56 Å². The quantitative estimate of drug-likeness (QED) is 0.765. The molecule has 0 unspecified atom stereocenters. The van der Waals surface area contributed by atoms with E-state index in [0.717, 1.165) is 15.7 Å². The molecule has 0 fully saturated rings. The van der Waals surface area contributed by atoms with Crippen LogP contribution in [0.15, 0.2) is 63.9 Å². The molecule has 2 N–H and O–H groups in total. The fourth-order valence-electron chi connectivity index (χ4n) is 1.88. The zero-order valence-electron chi connectivity index (χ0n) is 10.9. The molecule has 104 valence electrons. The Morgan fingerprint density at radius 1 is 1.00 bits per heavy atom. The van der Waals surface area contributed by atoms with E-state index < -0.39 is 0 Å². The molecule has 0 aliphatic rings. The maximum Gasteiger partial charge on any atom is 0.279 e. The molecule has 0 atom stereocenters. The minimum atomic E-state index is -0.284. The van der Waals surface area contributed by atoms with E-state index in [0.29, 0.717) is 11.6 Å². The lowest BCUT2D eigenvalue weighted by molar-refractivity contribution is 0.962. The molecule has 3 aromatic rings. The number of hydrogen-bond acceptors (Lipinski definition) is 4. The van der Waals surface area contributed by atoms with Crippen LogP contribution in [0.5, 0.6) is 0 Å². The first-order chi connectivity index (χ1) is 10.2. The van der Waals surface area contributed by atoms with E-state index in [1.54, 1.807) is 0 Å². The molecule has 1 aromatic heterocycles. The first-order valence-electron chi connectivity index (χ1n) is 6.27. The Labute approximate surface area is 129 Å². The Bertz CT molecular complexity index is 817. The Morgan fingerprint density at radius 2 is 1.81 bits per heavy atom. The summed E-state index contributed by atoms with van der Waals surface area (Å²) in [6.07, 6.45) is 0. The van der Waals surface area contributed by atoms with Gasteiger partial charge in [-0.2, -0.15) is 0 Å². The van der Waals surface area contributed by atoms with Gasteiger partial charge < -0.3 is 5.32 Å². The van der Waals surface area contributed by atoms with Crippen LogP contribution >= 0.6 is 15.9 Å². The Hall–Kier alpha value is -2.47. The zero-order valence-corrected chi connectivity index (χ0v) is 12.5. The molecule has 5 nitrogen and oxygen atoms in total. The second-order valence-corrected chi connectivity index (χ2v) is 5.27. The Kier molecular flexibility index (Phi) is 3.79. The highest BCUT2D eigenvalue weighted by Gasteiger charge is 2.07. The van der Waals surface area contributed by atoms with Crippen LogP contribution in [-0.2, 0) is 0 Å². The van der Waals surface area contributed by atoms with Crippen molar-refractivity contribution in [3.8, 4) is 11.3 Å². The van der Waals surface area contributed by atoms with Crippen LogP contribution in [0.4, 0.5) is 11.6 Å². The molecule has 0 amide bonds. The smallest absolute Gasteiger partial charge is 0.279 e. The van der Waals surface area contributed by atoms with Crippen molar-refractivity contribution in [1.82, 2.24) is 15.2 Å². The lowest BCUT2D eigenvalue weighted by Crippen LogP contribution is -2.15. The highest BCUT2D eigenvalue weighted by atomic mass is 79.9. The van der Waals surface area contributed by atoms with Gasteiger partial charge in [-0.1, -0.05) is 52.3 Å². The van der Waals surface area contributed by atoms with E-state index >= 15 is 0 Å². The summed E-state index contributed by atoms with van der Waals surface area (Å²) >= 11 is 3.38.